The molecule has 1 aromatic heterocycles. The van der Waals surface area contributed by atoms with Crippen LogP contribution in [0.1, 0.15) is 46.3 Å². The third-order valence-electron chi connectivity index (χ3n) is 4.86. The van der Waals surface area contributed by atoms with Crippen molar-refractivity contribution in [2.75, 3.05) is 19.7 Å². The van der Waals surface area contributed by atoms with Crippen molar-refractivity contribution in [2.45, 2.75) is 31.8 Å². The Bertz CT molecular complexity index is 758. The minimum Gasteiger partial charge on any atom is -0.370 e. The lowest BCUT2D eigenvalue weighted by molar-refractivity contribution is -0.0245. The molecule has 1 aliphatic carbocycles. The number of nitrogens with one attached hydrogen (secondary N) is 1. The van der Waals surface area contributed by atoms with E-state index in [2.05, 4.69) is 10.2 Å². The Hall–Kier alpha value is -2.21. The van der Waals surface area contributed by atoms with Crippen molar-refractivity contribution in [1.29, 1.82) is 0 Å². The third kappa shape index (κ3) is 2.71. The zero-order chi connectivity index (χ0) is 16.5. The molecule has 1 N–H and O–H groups in total. The molecule has 24 heavy (non-hydrogen) atoms. The molecule has 1 fully saturated rings. The highest BCUT2D eigenvalue weighted by Gasteiger charge is 2.31. The van der Waals surface area contributed by atoms with Crippen molar-refractivity contribution in [1.82, 2.24) is 15.1 Å². The molecule has 2 aromatic rings. The molecule has 4 rings (SSSR count). The molecule has 0 spiro atoms. The number of H-pyrrole nitrogens is 1. The summed E-state index contributed by atoms with van der Waals surface area (Å²) >= 11 is 0. The first kappa shape index (κ1) is 15.3. The Balaban J connectivity index is 1.55. The van der Waals surface area contributed by atoms with Gasteiger partial charge in [0.1, 0.15) is 11.9 Å². The van der Waals surface area contributed by atoms with E-state index in [4.69, 9.17) is 4.74 Å². The van der Waals surface area contributed by atoms with Gasteiger partial charge in [-0.15, -0.1) is 0 Å². The number of rotatable bonds is 2. The molecule has 1 atom stereocenters. The topological polar surface area (TPSA) is 58.2 Å². The van der Waals surface area contributed by atoms with Crippen LogP contribution < -0.4 is 0 Å². The zero-order valence-electron chi connectivity index (χ0n) is 13.4. The van der Waals surface area contributed by atoms with Gasteiger partial charge in [0.2, 0.25) is 0 Å². The molecule has 2 heterocycles. The second-order valence-corrected chi connectivity index (χ2v) is 6.37. The highest BCUT2D eigenvalue weighted by Crippen LogP contribution is 2.27. The number of morpholine rings is 1. The quantitative estimate of drug-likeness (QED) is 0.921. The smallest absolute Gasteiger partial charge is 0.274 e. The maximum absolute atomic E-state index is 14.0. The average Bonchev–Trinajstić information content (AvgIpc) is 3.06. The van der Waals surface area contributed by atoms with Crippen molar-refractivity contribution in [3.8, 4) is 0 Å². The molecular formula is C18H20FN3O2. The molecule has 1 saturated heterocycles. The number of ether oxygens (including phenoxy) is 1. The summed E-state index contributed by atoms with van der Waals surface area (Å²) in [7, 11) is 0. The standard InChI is InChI=1S/C18H20FN3O2/c19-14-7-3-1-5-12(14)16-11-22(9-10-24-16)18(23)17-13-6-2-4-8-15(13)20-21-17/h1,3,5,7,16H,2,4,6,8-11H2,(H,20,21). The number of benzene rings is 1. The van der Waals surface area contributed by atoms with E-state index in [1.165, 1.54) is 6.07 Å². The summed E-state index contributed by atoms with van der Waals surface area (Å²) < 4.78 is 19.7. The fourth-order valence-electron chi connectivity index (χ4n) is 3.57. The summed E-state index contributed by atoms with van der Waals surface area (Å²) in [5.41, 5.74) is 3.17. The minimum absolute atomic E-state index is 0.0842. The van der Waals surface area contributed by atoms with Crippen LogP contribution >= 0.6 is 0 Å². The number of aryl methyl sites for hydroxylation is 1. The summed E-state index contributed by atoms with van der Waals surface area (Å²) in [6, 6.07) is 6.57. The SMILES string of the molecule is O=C(c1n[nH]c2c1CCCC2)N1CCOC(c2ccccc2F)C1. The van der Waals surface area contributed by atoms with Crippen LogP contribution in [0.3, 0.4) is 0 Å². The predicted molar refractivity (Wildman–Crippen MR) is 86.2 cm³/mol. The number of halogens is 1. The summed E-state index contributed by atoms with van der Waals surface area (Å²) in [5.74, 6) is -0.381. The number of fused-ring (bicyclic) bond motifs is 1. The number of aromatic nitrogens is 2. The number of carbonyl (C=O) groups is 1. The van der Waals surface area contributed by atoms with Gasteiger partial charge in [-0.1, -0.05) is 18.2 Å². The van der Waals surface area contributed by atoms with Crippen LogP contribution in [0, 0.1) is 5.82 Å². The Morgan fingerprint density at radius 1 is 1.29 bits per heavy atom. The van der Waals surface area contributed by atoms with Gasteiger partial charge in [0.25, 0.3) is 5.91 Å². The van der Waals surface area contributed by atoms with E-state index in [1.807, 2.05) is 0 Å². The van der Waals surface area contributed by atoms with E-state index in [-0.39, 0.29) is 11.7 Å². The normalized spacial score (nSPS) is 20.7. The summed E-state index contributed by atoms with van der Waals surface area (Å²) in [6.45, 7) is 1.25. The van der Waals surface area contributed by atoms with E-state index in [0.717, 1.165) is 36.9 Å². The molecule has 0 saturated carbocycles. The van der Waals surface area contributed by atoms with Gasteiger partial charge in [-0.25, -0.2) is 4.39 Å². The zero-order valence-corrected chi connectivity index (χ0v) is 13.4. The lowest BCUT2D eigenvalue weighted by Gasteiger charge is -2.33. The van der Waals surface area contributed by atoms with Gasteiger partial charge in [-0.05, 0) is 31.7 Å². The molecule has 0 radical (unpaired) electrons. The number of hydrogen-bond donors (Lipinski definition) is 1. The highest BCUT2D eigenvalue weighted by molar-refractivity contribution is 5.94. The third-order valence-corrected chi connectivity index (χ3v) is 4.86. The van der Waals surface area contributed by atoms with Gasteiger partial charge in [-0.2, -0.15) is 5.10 Å². The Labute approximate surface area is 139 Å². The van der Waals surface area contributed by atoms with Gasteiger partial charge in [-0.3, -0.25) is 9.89 Å². The molecule has 0 bridgehead atoms. The molecule has 126 valence electrons. The number of nitrogens with zero attached hydrogens (tertiary/aromatic N) is 2. The molecule has 2 aliphatic rings. The molecular weight excluding hydrogens is 309 g/mol. The first-order chi connectivity index (χ1) is 11.7. The molecule has 1 unspecified atom stereocenters. The van der Waals surface area contributed by atoms with Crippen molar-refractivity contribution in [2.24, 2.45) is 0 Å². The fraction of sp³-hybridized carbons (Fsp3) is 0.444. The second-order valence-electron chi connectivity index (χ2n) is 6.37. The van der Waals surface area contributed by atoms with Crippen LogP contribution in [0.25, 0.3) is 0 Å². The van der Waals surface area contributed by atoms with E-state index in [0.29, 0.717) is 31.0 Å². The van der Waals surface area contributed by atoms with Gasteiger partial charge >= 0.3 is 0 Å². The molecule has 1 aliphatic heterocycles. The average molecular weight is 329 g/mol. The van der Waals surface area contributed by atoms with Crippen LogP contribution in [0.15, 0.2) is 24.3 Å². The molecule has 1 aromatic carbocycles. The second kappa shape index (κ2) is 6.36. The predicted octanol–water partition coefficient (Wildman–Crippen LogP) is 2.64. The van der Waals surface area contributed by atoms with Crippen LogP contribution in [0.2, 0.25) is 0 Å². The fourth-order valence-corrected chi connectivity index (χ4v) is 3.57. The van der Waals surface area contributed by atoms with Gasteiger partial charge in [0.15, 0.2) is 5.69 Å². The Kier molecular flexibility index (Phi) is 4.06. The Morgan fingerprint density at radius 3 is 3.00 bits per heavy atom. The maximum atomic E-state index is 14.0. The van der Waals surface area contributed by atoms with Crippen LogP contribution in [0.5, 0.6) is 0 Å². The number of aromatic amines is 1. The minimum atomic E-state index is -0.432. The first-order valence-corrected chi connectivity index (χ1v) is 8.45. The lowest BCUT2D eigenvalue weighted by Crippen LogP contribution is -2.43. The summed E-state index contributed by atoms with van der Waals surface area (Å²) in [4.78, 5) is 14.6. The molecule has 5 nitrogen and oxygen atoms in total. The lowest BCUT2D eigenvalue weighted by atomic mass is 9.95. The van der Waals surface area contributed by atoms with E-state index >= 15 is 0 Å². The van der Waals surface area contributed by atoms with Crippen LogP contribution in [-0.2, 0) is 17.6 Å². The van der Waals surface area contributed by atoms with Gasteiger partial charge in [0.05, 0.1) is 13.2 Å². The molecule has 6 heteroatoms. The maximum Gasteiger partial charge on any atom is 0.274 e. The van der Waals surface area contributed by atoms with Crippen molar-refractivity contribution in [3.63, 3.8) is 0 Å². The number of amides is 1. The van der Waals surface area contributed by atoms with E-state index in [9.17, 15) is 9.18 Å². The molecule has 1 amide bonds. The van der Waals surface area contributed by atoms with Gasteiger partial charge in [0, 0.05) is 23.4 Å². The van der Waals surface area contributed by atoms with Crippen molar-refractivity contribution in [3.05, 3.63) is 52.6 Å². The van der Waals surface area contributed by atoms with E-state index < -0.39 is 6.10 Å². The number of carbonyl (C=O) groups excluding carboxylic acids is 1. The van der Waals surface area contributed by atoms with Crippen LogP contribution in [-0.4, -0.2) is 40.7 Å². The highest BCUT2D eigenvalue weighted by atomic mass is 19.1. The van der Waals surface area contributed by atoms with Crippen molar-refractivity contribution < 1.29 is 13.9 Å². The largest absolute Gasteiger partial charge is 0.370 e. The monoisotopic (exact) mass is 329 g/mol. The van der Waals surface area contributed by atoms with Crippen molar-refractivity contribution >= 4 is 5.91 Å². The van der Waals surface area contributed by atoms with Crippen LogP contribution in [0.4, 0.5) is 4.39 Å². The Morgan fingerprint density at radius 2 is 2.12 bits per heavy atom. The number of hydrogen-bond acceptors (Lipinski definition) is 3. The first-order valence-electron chi connectivity index (χ1n) is 8.45. The van der Waals surface area contributed by atoms with Gasteiger partial charge < -0.3 is 9.64 Å². The summed E-state index contributed by atoms with van der Waals surface area (Å²) in [5, 5.41) is 7.27. The summed E-state index contributed by atoms with van der Waals surface area (Å²) in [6.07, 6.45) is 3.65. The van der Waals surface area contributed by atoms with E-state index in [1.54, 1.807) is 23.1 Å².